The van der Waals surface area contributed by atoms with Crippen molar-refractivity contribution in [2.24, 2.45) is 0 Å². The number of anilines is 2. The second-order valence-electron chi connectivity index (χ2n) is 5.50. The van der Waals surface area contributed by atoms with Gasteiger partial charge in [0.15, 0.2) is 5.13 Å². The average molecular weight is 482 g/mol. The maximum absolute atomic E-state index is 12.8. The molecular weight excluding hydrogens is 466 g/mol. The molecule has 0 unspecified atom stereocenters. The molecule has 10 heteroatoms. The van der Waals surface area contributed by atoms with Gasteiger partial charge in [-0.3, -0.25) is 14.8 Å². The molecule has 2 N–H and O–H groups in total. The highest BCUT2D eigenvalue weighted by molar-refractivity contribution is 9.10. The molecule has 1 heterocycles. The molecule has 2 aromatic carbocycles. The lowest BCUT2D eigenvalue weighted by Gasteiger charge is -2.13. The maximum Gasteiger partial charge on any atom is 0.265 e. The molecule has 0 radical (unpaired) electrons. The molecule has 0 fully saturated rings. The van der Waals surface area contributed by atoms with E-state index in [1.807, 2.05) is 0 Å². The van der Waals surface area contributed by atoms with E-state index in [1.54, 1.807) is 30.6 Å². The van der Waals surface area contributed by atoms with E-state index in [9.17, 15) is 13.2 Å². The van der Waals surface area contributed by atoms with E-state index in [1.165, 1.54) is 41.7 Å². The van der Waals surface area contributed by atoms with Gasteiger partial charge in [0.2, 0.25) is 0 Å². The Hall–Kier alpha value is -2.43. The zero-order chi connectivity index (χ0) is 20.1. The molecule has 0 aliphatic carbocycles. The first-order valence-corrected chi connectivity index (χ1v) is 11.3. The monoisotopic (exact) mass is 481 g/mol. The van der Waals surface area contributed by atoms with Crippen LogP contribution >= 0.6 is 27.3 Å². The van der Waals surface area contributed by atoms with Crippen molar-refractivity contribution in [3.63, 3.8) is 0 Å². The molecule has 0 spiro atoms. The van der Waals surface area contributed by atoms with Crippen molar-refractivity contribution in [3.05, 3.63) is 64.1 Å². The Morgan fingerprint density at radius 3 is 2.61 bits per heavy atom. The predicted molar refractivity (Wildman–Crippen MR) is 113 cm³/mol. The van der Waals surface area contributed by atoms with Gasteiger partial charge in [-0.05, 0) is 49.4 Å². The second-order valence-corrected chi connectivity index (χ2v) is 8.96. The number of ether oxygens (including phenoxy) is 1. The quantitative estimate of drug-likeness (QED) is 0.522. The number of sulfonamides is 1. The van der Waals surface area contributed by atoms with Gasteiger partial charge in [-0.1, -0.05) is 15.9 Å². The van der Waals surface area contributed by atoms with Crippen LogP contribution in [0.3, 0.4) is 0 Å². The fourth-order valence-corrected chi connectivity index (χ4v) is 4.59. The zero-order valence-electron chi connectivity index (χ0n) is 14.7. The SMILES string of the molecule is CCOc1ccc(Br)cc1S(=O)(=O)Nc1ccc(C(=O)Nc2nccs2)cc1. The zero-order valence-corrected chi connectivity index (χ0v) is 17.9. The highest BCUT2D eigenvalue weighted by Crippen LogP contribution is 2.29. The molecule has 28 heavy (non-hydrogen) atoms. The molecule has 146 valence electrons. The lowest BCUT2D eigenvalue weighted by Crippen LogP contribution is -2.15. The van der Waals surface area contributed by atoms with Gasteiger partial charge in [-0.15, -0.1) is 11.3 Å². The predicted octanol–water partition coefficient (Wildman–Crippen LogP) is 4.36. The maximum atomic E-state index is 12.8. The van der Waals surface area contributed by atoms with Crippen LogP contribution in [0, 0.1) is 0 Å². The summed E-state index contributed by atoms with van der Waals surface area (Å²) in [5.74, 6) is -0.0624. The van der Waals surface area contributed by atoms with Crippen molar-refractivity contribution in [3.8, 4) is 5.75 Å². The van der Waals surface area contributed by atoms with Crippen molar-refractivity contribution in [1.29, 1.82) is 0 Å². The first kappa shape index (κ1) is 20.3. The van der Waals surface area contributed by atoms with Gasteiger partial charge in [0.25, 0.3) is 15.9 Å². The molecule has 3 aromatic rings. The van der Waals surface area contributed by atoms with E-state index >= 15 is 0 Å². The van der Waals surface area contributed by atoms with Crippen molar-refractivity contribution in [1.82, 2.24) is 4.98 Å². The van der Waals surface area contributed by atoms with E-state index in [0.29, 0.717) is 27.5 Å². The van der Waals surface area contributed by atoms with Gasteiger partial charge in [-0.25, -0.2) is 13.4 Å². The van der Waals surface area contributed by atoms with Crippen LogP contribution in [0.2, 0.25) is 0 Å². The number of nitrogens with one attached hydrogen (secondary N) is 2. The Morgan fingerprint density at radius 1 is 1.21 bits per heavy atom. The van der Waals surface area contributed by atoms with Crippen LogP contribution in [0.1, 0.15) is 17.3 Å². The van der Waals surface area contributed by atoms with Crippen LogP contribution in [0.5, 0.6) is 5.75 Å². The molecule has 1 amide bonds. The summed E-state index contributed by atoms with van der Waals surface area (Å²) >= 11 is 4.59. The second kappa shape index (κ2) is 8.72. The first-order valence-electron chi connectivity index (χ1n) is 8.15. The molecule has 0 saturated heterocycles. The summed E-state index contributed by atoms with van der Waals surface area (Å²) in [4.78, 5) is 16.2. The third-order valence-corrected chi connectivity index (χ3v) is 6.13. The van der Waals surface area contributed by atoms with Crippen molar-refractivity contribution >= 4 is 54.0 Å². The minimum atomic E-state index is -3.88. The summed E-state index contributed by atoms with van der Waals surface area (Å²) in [6.45, 7) is 2.12. The Labute approximate surface area is 175 Å². The highest BCUT2D eigenvalue weighted by Gasteiger charge is 2.20. The molecule has 7 nitrogen and oxygen atoms in total. The van der Waals surface area contributed by atoms with E-state index in [4.69, 9.17) is 4.74 Å². The normalized spacial score (nSPS) is 11.1. The number of halogens is 1. The van der Waals surface area contributed by atoms with Gasteiger partial charge in [0, 0.05) is 27.3 Å². The molecule has 3 rings (SSSR count). The fraction of sp³-hybridized carbons (Fsp3) is 0.111. The number of aromatic nitrogens is 1. The number of benzene rings is 2. The topological polar surface area (TPSA) is 97.4 Å². The van der Waals surface area contributed by atoms with Crippen LogP contribution in [0.25, 0.3) is 0 Å². The number of carbonyl (C=O) groups is 1. The van der Waals surface area contributed by atoms with Crippen molar-refractivity contribution < 1.29 is 17.9 Å². The third-order valence-electron chi connectivity index (χ3n) is 3.55. The van der Waals surface area contributed by atoms with E-state index in [0.717, 1.165) is 0 Å². The fourth-order valence-electron chi connectivity index (χ4n) is 2.32. The largest absolute Gasteiger partial charge is 0.492 e. The van der Waals surface area contributed by atoms with Crippen LogP contribution in [0.15, 0.2) is 63.4 Å². The summed E-state index contributed by atoms with van der Waals surface area (Å²) in [6, 6.07) is 10.9. The number of amides is 1. The van der Waals surface area contributed by atoms with Gasteiger partial charge in [-0.2, -0.15) is 0 Å². The smallest absolute Gasteiger partial charge is 0.265 e. The Kier molecular flexibility index (Phi) is 6.32. The molecule has 0 aliphatic heterocycles. The minimum Gasteiger partial charge on any atom is -0.492 e. The van der Waals surface area contributed by atoms with Gasteiger partial charge in [0.1, 0.15) is 10.6 Å². The summed E-state index contributed by atoms with van der Waals surface area (Å²) < 4.78 is 34.1. The van der Waals surface area contributed by atoms with E-state index < -0.39 is 10.0 Å². The molecule has 0 atom stereocenters. The first-order chi connectivity index (χ1) is 13.4. The average Bonchev–Trinajstić information content (AvgIpc) is 3.16. The Morgan fingerprint density at radius 2 is 1.96 bits per heavy atom. The summed E-state index contributed by atoms with van der Waals surface area (Å²) in [5, 5.41) is 4.92. The summed E-state index contributed by atoms with van der Waals surface area (Å²) in [5.41, 5.74) is 0.712. The van der Waals surface area contributed by atoms with Crippen LogP contribution in [-0.4, -0.2) is 25.9 Å². The number of hydrogen-bond donors (Lipinski definition) is 2. The van der Waals surface area contributed by atoms with Crippen LogP contribution in [0.4, 0.5) is 10.8 Å². The third kappa shape index (κ3) is 4.89. The summed E-state index contributed by atoms with van der Waals surface area (Å²) in [6.07, 6.45) is 1.59. The van der Waals surface area contributed by atoms with Gasteiger partial charge >= 0.3 is 0 Å². The van der Waals surface area contributed by atoms with Crippen molar-refractivity contribution in [2.45, 2.75) is 11.8 Å². The van der Waals surface area contributed by atoms with Crippen LogP contribution in [-0.2, 0) is 10.0 Å². The summed E-state index contributed by atoms with van der Waals surface area (Å²) in [7, 11) is -3.88. The lowest BCUT2D eigenvalue weighted by molar-refractivity contribution is 0.102. The lowest BCUT2D eigenvalue weighted by atomic mass is 10.2. The number of nitrogens with zero attached hydrogens (tertiary/aromatic N) is 1. The molecular formula is C18H16BrN3O4S2. The van der Waals surface area contributed by atoms with E-state index in [2.05, 4.69) is 31.0 Å². The van der Waals surface area contributed by atoms with Crippen molar-refractivity contribution in [2.75, 3.05) is 16.6 Å². The molecule has 0 aliphatic rings. The van der Waals surface area contributed by atoms with E-state index in [-0.39, 0.29) is 16.6 Å². The number of rotatable bonds is 7. The Balaban J connectivity index is 1.78. The van der Waals surface area contributed by atoms with Gasteiger partial charge < -0.3 is 4.74 Å². The molecule has 1 aromatic heterocycles. The Bertz CT molecular complexity index is 1070. The number of thiazole rings is 1. The number of carbonyl (C=O) groups excluding carboxylic acids is 1. The standard InChI is InChI=1S/C18H16BrN3O4S2/c1-2-26-15-8-5-13(19)11-16(15)28(24,25)22-14-6-3-12(4-7-14)17(23)21-18-20-9-10-27-18/h3-11,22H,2H2,1H3,(H,20,21,23). The number of hydrogen-bond acceptors (Lipinski definition) is 6. The van der Waals surface area contributed by atoms with Crippen LogP contribution < -0.4 is 14.8 Å². The minimum absolute atomic E-state index is 0.0225. The molecule has 0 bridgehead atoms. The molecule has 0 saturated carbocycles. The highest BCUT2D eigenvalue weighted by atomic mass is 79.9. The van der Waals surface area contributed by atoms with Gasteiger partial charge in [0.05, 0.1) is 6.61 Å².